The maximum absolute atomic E-state index is 15.1. The summed E-state index contributed by atoms with van der Waals surface area (Å²) in [5.74, 6) is 0.129. The molecule has 0 spiro atoms. The van der Waals surface area contributed by atoms with Crippen LogP contribution in [-0.4, -0.2) is 48.6 Å². The van der Waals surface area contributed by atoms with E-state index in [1.54, 1.807) is 18.0 Å². The van der Waals surface area contributed by atoms with Gasteiger partial charge in [0.25, 0.3) is 5.91 Å². The van der Waals surface area contributed by atoms with Gasteiger partial charge in [-0.15, -0.1) is 11.3 Å². The minimum Gasteiger partial charge on any atom is -0.491 e. The van der Waals surface area contributed by atoms with Crippen molar-refractivity contribution in [1.29, 1.82) is 0 Å². The number of thiophene rings is 1. The van der Waals surface area contributed by atoms with E-state index in [1.165, 1.54) is 17.8 Å². The zero-order chi connectivity index (χ0) is 22.4. The summed E-state index contributed by atoms with van der Waals surface area (Å²) in [7, 11) is 1.73. The van der Waals surface area contributed by atoms with Crippen LogP contribution in [-0.2, 0) is 6.42 Å². The first-order valence-corrected chi connectivity index (χ1v) is 11.9. The first kappa shape index (κ1) is 21.0. The number of nitrogens with two attached hydrogens (primary N) is 1. The molecule has 32 heavy (non-hydrogen) atoms. The van der Waals surface area contributed by atoms with Gasteiger partial charge in [0.2, 0.25) is 0 Å². The molecule has 2 aromatic heterocycles. The Labute approximate surface area is 190 Å². The molecule has 0 radical (unpaired) electrons. The highest BCUT2D eigenvalue weighted by molar-refractivity contribution is 7.21. The van der Waals surface area contributed by atoms with E-state index < -0.39 is 0 Å². The Bertz CT molecular complexity index is 1190. The molecule has 5 rings (SSSR count). The molecule has 8 heteroatoms. The molecule has 1 amide bonds. The number of hydrogen-bond donors (Lipinski definition) is 1. The van der Waals surface area contributed by atoms with Gasteiger partial charge in [-0.3, -0.25) is 4.79 Å². The summed E-state index contributed by atoms with van der Waals surface area (Å²) >= 11 is 1.30. The van der Waals surface area contributed by atoms with Gasteiger partial charge < -0.3 is 20.3 Å². The van der Waals surface area contributed by atoms with Crippen molar-refractivity contribution in [3.8, 4) is 5.75 Å². The molecule has 1 atom stereocenters. The standard InChI is InChI=1S/C24H27FN4O2S/c1-14-6-7-17-21(26)22(32-23(17)27-14)24(30)28(2)16-10-18-19(25)11-15(12-20(18)31-13-16)29-8-4-3-5-9-29/h6-7,11-12,16H,3-5,8-10,13,26H2,1-2H3/t16-/m1/s1. The number of nitrogen functional groups attached to an aromatic ring is 1. The SMILES string of the molecule is Cc1ccc2c(N)c(C(=O)N(C)[C@H]3COc4cc(N5CCCCC5)cc(F)c4C3)sc2n1. The number of halogens is 1. The molecule has 0 saturated carbocycles. The highest BCUT2D eigenvalue weighted by Gasteiger charge is 2.31. The van der Waals surface area contributed by atoms with Crippen molar-refractivity contribution in [2.45, 2.75) is 38.6 Å². The molecular weight excluding hydrogens is 427 g/mol. The van der Waals surface area contributed by atoms with E-state index in [2.05, 4.69) is 9.88 Å². The Balaban J connectivity index is 1.37. The van der Waals surface area contributed by atoms with E-state index in [4.69, 9.17) is 10.5 Å². The van der Waals surface area contributed by atoms with E-state index in [-0.39, 0.29) is 17.8 Å². The predicted octanol–water partition coefficient (Wildman–Crippen LogP) is 4.39. The molecule has 2 aliphatic heterocycles. The van der Waals surface area contributed by atoms with Gasteiger partial charge in [-0.25, -0.2) is 9.37 Å². The first-order chi connectivity index (χ1) is 15.4. The number of ether oxygens (including phenoxy) is 1. The van der Waals surface area contributed by atoms with Crippen LogP contribution in [0, 0.1) is 12.7 Å². The number of aryl methyl sites for hydroxylation is 1. The van der Waals surface area contributed by atoms with Crippen LogP contribution in [0.2, 0.25) is 0 Å². The second-order valence-corrected chi connectivity index (χ2v) is 9.69. The maximum atomic E-state index is 15.1. The number of fused-ring (bicyclic) bond motifs is 2. The number of piperidine rings is 1. The molecular formula is C24H27FN4O2S. The minimum absolute atomic E-state index is 0.189. The van der Waals surface area contributed by atoms with Crippen LogP contribution in [0.1, 0.15) is 40.2 Å². The van der Waals surface area contributed by atoms with Crippen molar-refractivity contribution < 1.29 is 13.9 Å². The van der Waals surface area contributed by atoms with Crippen LogP contribution in [0.25, 0.3) is 10.2 Å². The normalized spacial score (nSPS) is 18.3. The average Bonchev–Trinajstić information content (AvgIpc) is 3.13. The van der Waals surface area contributed by atoms with E-state index >= 15 is 4.39 Å². The molecule has 1 aromatic carbocycles. The molecule has 1 saturated heterocycles. The molecule has 0 aliphatic carbocycles. The van der Waals surface area contributed by atoms with Gasteiger partial charge >= 0.3 is 0 Å². The Morgan fingerprint density at radius 3 is 2.84 bits per heavy atom. The van der Waals surface area contributed by atoms with Gasteiger partial charge in [0, 0.05) is 55.0 Å². The monoisotopic (exact) mass is 454 g/mol. The Morgan fingerprint density at radius 2 is 2.06 bits per heavy atom. The summed E-state index contributed by atoms with van der Waals surface area (Å²) in [5.41, 5.74) is 9.01. The van der Waals surface area contributed by atoms with E-state index in [0.29, 0.717) is 34.9 Å². The van der Waals surface area contributed by atoms with Crippen LogP contribution < -0.4 is 15.4 Å². The number of amides is 1. The number of benzene rings is 1. The number of carbonyl (C=O) groups is 1. The van der Waals surface area contributed by atoms with E-state index in [0.717, 1.165) is 47.5 Å². The lowest BCUT2D eigenvalue weighted by atomic mass is 9.99. The number of likely N-dealkylation sites (N-methyl/N-ethyl adjacent to an activating group) is 1. The fourth-order valence-corrected chi connectivity index (χ4v) is 5.69. The largest absolute Gasteiger partial charge is 0.491 e. The topological polar surface area (TPSA) is 71.7 Å². The zero-order valence-electron chi connectivity index (χ0n) is 18.4. The van der Waals surface area contributed by atoms with Crippen LogP contribution in [0.3, 0.4) is 0 Å². The molecule has 4 heterocycles. The average molecular weight is 455 g/mol. The summed E-state index contributed by atoms with van der Waals surface area (Å²) < 4.78 is 21.0. The fourth-order valence-electron chi connectivity index (χ4n) is 4.56. The summed E-state index contributed by atoms with van der Waals surface area (Å²) in [6.45, 7) is 4.12. The van der Waals surface area contributed by atoms with Crippen molar-refractivity contribution >= 4 is 38.8 Å². The third-order valence-electron chi connectivity index (χ3n) is 6.53. The summed E-state index contributed by atoms with van der Waals surface area (Å²) in [6, 6.07) is 7.06. The van der Waals surface area contributed by atoms with Gasteiger partial charge in [-0.1, -0.05) is 0 Å². The lowest BCUT2D eigenvalue weighted by Crippen LogP contribution is -2.44. The second-order valence-electron chi connectivity index (χ2n) is 8.69. The highest BCUT2D eigenvalue weighted by atomic mass is 32.1. The summed E-state index contributed by atoms with van der Waals surface area (Å²) in [5, 5.41) is 0.791. The van der Waals surface area contributed by atoms with Crippen molar-refractivity contribution in [2.24, 2.45) is 0 Å². The smallest absolute Gasteiger partial charge is 0.266 e. The van der Waals surface area contributed by atoms with Crippen molar-refractivity contribution in [1.82, 2.24) is 9.88 Å². The van der Waals surface area contributed by atoms with E-state index in [9.17, 15) is 4.79 Å². The molecule has 1 fully saturated rings. The Hall–Kier alpha value is -2.87. The third-order valence-corrected chi connectivity index (χ3v) is 7.63. The Morgan fingerprint density at radius 1 is 1.28 bits per heavy atom. The molecule has 0 bridgehead atoms. The first-order valence-electron chi connectivity index (χ1n) is 11.1. The number of carbonyl (C=O) groups excluding carboxylic acids is 1. The molecule has 168 valence electrons. The molecule has 2 aliphatic rings. The zero-order valence-corrected chi connectivity index (χ0v) is 19.2. The second kappa shape index (κ2) is 8.24. The lowest BCUT2D eigenvalue weighted by Gasteiger charge is -2.34. The number of pyridine rings is 1. The lowest BCUT2D eigenvalue weighted by molar-refractivity contribution is 0.0658. The summed E-state index contributed by atoms with van der Waals surface area (Å²) in [6.07, 6.45) is 3.89. The predicted molar refractivity (Wildman–Crippen MR) is 126 cm³/mol. The van der Waals surface area contributed by atoms with Crippen molar-refractivity contribution in [3.63, 3.8) is 0 Å². The van der Waals surface area contributed by atoms with E-state index in [1.807, 2.05) is 25.1 Å². The van der Waals surface area contributed by atoms with Gasteiger partial charge in [0.05, 0.1) is 11.7 Å². The molecule has 0 unspecified atom stereocenters. The minimum atomic E-state index is -0.273. The molecule has 6 nitrogen and oxygen atoms in total. The highest BCUT2D eigenvalue weighted by Crippen LogP contribution is 2.36. The maximum Gasteiger partial charge on any atom is 0.266 e. The number of rotatable bonds is 3. The molecule has 2 N–H and O–H groups in total. The van der Waals surface area contributed by atoms with Crippen molar-refractivity contribution in [2.75, 3.05) is 37.4 Å². The van der Waals surface area contributed by atoms with Crippen LogP contribution in [0.15, 0.2) is 24.3 Å². The number of hydrogen-bond acceptors (Lipinski definition) is 6. The van der Waals surface area contributed by atoms with Gasteiger partial charge in [-0.05, 0) is 44.4 Å². The fraction of sp³-hybridized carbons (Fsp3) is 0.417. The van der Waals surface area contributed by atoms with Gasteiger partial charge in [0.15, 0.2) is 0 Å². The van der Waals surface area contributed by atoms with Crippen LogP contribution >= 0.6 is 11.3 Å². The number of anilines is 2. The van der Waals surface area contributed by atoms with Crippen LogP contribution in [0.4, 0.5) is 15.8 Å². The third kappa shape index (κ3) is 3.66. The van der Waals surface area contributed by atoms with Crippen molar-refractivity contribution in [3.05, 3.63) is 46.2 Å². The van der Waals surface area contributed by atoms with Gasteiger partial charge in [-0.2, -0.15) is 0 Å². The Kier molecular flexibility index (Phi) is 5.41. The number of nitrogens with zero attached hydrogens (tertiary/aromatic N) is 3. The van der Waals surface area contributed by atoms with Crippen LogP contribution in [0.5, 0.6) is 5.75 Å². The number of aromatic nitrogens is 1. The molecule has 3 aromatic rings. The quantitative estimate of drug-likeness (QED) is 0.635. The van der Waals surface area contributed by atoms with Gasteiger partial charge in [0.1, 0.15) is 27.9 Å². The summed E-state index contributed by atoms with van der Waals surface area (Å²) in [4.78, 5) is 22.8.